The summed E-state index contributed by atoms with van der Waals surface area (Å²) in [5.74, 6) is -0.276. The first-order valence-electron chi connectivity index (χ1n) is 7.88. The molecule has 0 N–H and O–H groups in total. The Labute approximate surface area is 135 Å². The van der Waals surface area contributed by atoms with Crippen LogP contribution in [0.2, 0.25) is 18.1 Å². The van der Waals surface area contributed by atoms with E-state index in [4.69, 9.17) is 9.16 Å². The first-order chi connectivity index (χ1) is 9.77. The highest BCUT2D eigenvalue weighted by atomic mass is 28.4. The predicted molar refractivity (Wildman–Crippen MR) is 89.4 cm³/mol. The van der Waals surface area contributed by atoms with Crippen LogP contribution in [0.3, 0.4) is 0 Å². The van der Waals surface area contributed by atoms with Crippen molar-refractivity contribution in [3.63, 3.8) is 0 Å². The molecule has 0 radical (unpaired) electrons. The van der Waals surface area contributed by atoms with Crippen molar-refractivity contribution in [2.45, 2.75) is 71.4 Å². The van der Waals surface area contributed by atoms with Crippen molar-refractivity contribution in [1.82, 2.24) is 4.90 Å². The molecule has 128 valence electrons. The van der Waals surface area contributed by atoms with E-state index in [2.05, 4.69) is 33.9 Å². The second-order valence-electron chi connectivity index (χ2n) is 8.60. The number of likely N-dealkylation sites (tertiary alicyclic amines) is 1. The molecule has 0 aromatic carbocycles. The normalized spacial score (nSPS) is 23.5. The van der Waals surface area contributed by atoms with Gasteiger partial charge in [0.05, 0.1) is 12.0 Å². The number of amides is 1. The first kappa shape index (κ1) is 19.2. The van der Waals surface area contributed by atoms with E-state index in [1.54, 1.807) is 4.90 Å². The summed E-state index contributed by atoms with van der Waals surface area (Å²) in [5, 5.41) is 0.0692. The number of hydrogen-bond acceptors (Lipinski definition) is 4. The second kappa shape index (κ2) is 6.32. The van der Waals surface area contributed by atoms with Crippen LogP contribution in [-0.4, -0.2) is 50.4 Å². The van der Waals surface area contributed by atoms with Gasteiger partial charge in [-0.2, -0.15) is 0 Å². The molecule has 1 heterocycles. The SMILES string of the molecule is CC(C)(C)OC(=O)N1C[C@@H](C=O)[C@H](O[Si](C)(C)C(C)(C)C)C1. The number of ether oxygens (including phenoxy) is 1. The van der Waals surface area contributed by atoms with Crippen molar-refractivity contribution >= 4 is 20.7 Å². The number of aldehydes is 1. The van der Waals surface area contributed by atoms with Gasteiger partial charge in [0.15, 0.2) is 8.32 Å². The van der Waals surface area contributed by atoms with Crippen molar-refractivity contribution in [2.75, 3.05) is 13.1 Å². The average Bonchev–Trinajstić information content (AvgIpc) is 2.67. The maximum atomic E-state index is 12.2. The maximum Gasteiger partial charge on any atom is 0.410 e. The fraction of sp³-hybridized carbons (Fsp3) is 0.875. The molecule has 0 spiro atoms. The Hall–Kier alpha value is -0.883. The Balaban J connectivity index is 2.78. The highest BCUT2D eigenvalue weighted by Gasteiger charge is 2.45. The fourth-order valence-corrected chi connectivity index (χ4v) is 3.45. The van der Waals surface area contributed by atoms with Crippen molar-refractivity contribution in [2.24, 2.45) is 5.92 Å². The number of carbonyl (C=O) groups is 2. The summed E-state index contributed by atoms with van der Waals surface area (Å²) in [6.45, 7) is 17.1. The zero-order valence-corrected chi connectivity index (χ0v) is 16.2. The summed E-state index contributed by atoms with van der Waals surface area (Å²) in [7, 11) is -1.98. The third kappa shape index (κ3) is 4.81. The minimum atomic E-state index is -1.98. The van der Waals surface area contributed by atoms with E-state index in [-0.39, 0.29) is 23.2 Å². The van der Waals surface area contributed by atoms with Crippen LogP contribution in [0.25, 0.3) is 0 Å². The van der Waals surface area contributed by atoms with E-state index in [1.165, 1.54) is 0 Å². The third-order valence-electron chi connectivity index (χ3n) is 4.39. The quantitative estimate of drug-likeness (QED) is 0.588. The van der Waals surface area contributed by atoms with Gasteiger partial charge in [-0.15, -0.1) is 0 Å². The lowest BCUT2D eigenvalue weighted by molar-refractivity contribution is -0.112. The number of nitrogens with zero attached hydrogens (tertiary/aromatic N) is 1. The van der Waals surface area contributed by atoms with E-state index in [0.29, 0.717) is 13.1 Å². The molecule has 1 amide bonds. The van der Waals surface area contributed by atoms with Crippen molar-refractivity contribution in [3.05, 3.63) is 0 Å². The van der Waals surface area contributed by atoms with E-state index in [9.17, 15) is 9.59 Å². The van der Waals surface area contributed by atoms with Gasteiger partial charge < -0.3 is 18.9 Å². The van der Waals surface area contributed by atoms with Gasteiger partial charge >= 0.3 is 6.09 Å². The fourth-order valence-electron chi connectivity index (χ4n) is 2.09. The second-order valence-corrected chi connectivity index (χ2v) is 13.4. The molecule has 1 aliphatic rings. The summed E-state index contributed by atoms with van der Waals surface area (Å²) < 4.78 is 11.7. The molecule has 6 heteroatoms. The molecule has 1 fully saturated rings. The monoisotopic (exact) mass is 329 g/mol. The van der Waals surface area contributed by atoms with Gasteiger partial charge in [-0.05, 0) is 38.9 Å². The van der Waals surface area contributed by atoms with Gasteiger partial charge in [0.1, 0.15) is 11.9 Å². The number of rotatable bonds is 3. The molecule has 1 aliphatic heterocycles. The lowest BCUT2D eigenvalue weighted by atomic mass is 10.1. The van der Waals surface area contributed by atoms with Crippen LogP contribution in [0, 0.1) is 5.92 Å². The van der Waals surface area contributed by atoms with Gasteiger partial charge in [0, 0.05) is 13.1 Å². The zero-order valence-electron chi connectivity index (χ0n) is 15.2. The summed E-state index contributed by atoms with van der Waals surface area (Å²) in [6, 6.07) is 0. The van der Waals surface area contributed by atoms with E-state index >= 15 is 0 Å². The van der Waals surface area contributed by atoms with Gasteiger partial charge in [0.25, 0.3) is 0 Å². The standard InChI is InChI=1S/C16H31NO4Si/c1-15(2,3)20-14(19)17-9-12(11-18)13(10-17)21-22(7,8)16(4,5)6/h11-13H,9-10H2,1-8H3/t12-,13+/m0/s1. The molecule has 0 aromatic heterocycles. The Morgan fingerprint density at radius 3 is 2.09 bits per heavy atom. The van der Waals surface area contributed by atoms with Gasteiger partial charge in [0.2, 0.25) is 0 Å². The van der Waals surface area contributed by atoms with Crippen LogP contribution in [0.5, 0.6) is 0 Å². The molecular weight excluding hydrogens is 298 g/mol. The molecule has 22 heavy (non-hydrogen) atoms. The topological polar surface area (TPSA) is 55.8 Å². The summed E-state index contributed by atoms with van der Waals surface area (Å²) in [5.41, 5.74) is -0.536. The Bertz CT molecular complexity index is 423. The van der Waals surface area contributed by atoms with Gasteiger partial charge in [-0.1, -0.05) is 20.8 Å². The minimum Gasteiger partial charge on any atom is -0.444 e. The molecule has 0 saturated carbocycles. The number of hydrogen-bond donors (Lipinski definition) is 0. The Morgan fingerprint density at radius 2 is 1.68 bits per heavy atom. The Morgan fingerprint density at radius 1 is 1.14 bits per heavy atom. The largest absolute Gasteiger partial charge is 0.444 e. The molecule has 0 aliphatic carbocycles. The lowest BCUT2D eigenvalue weighted by Gasteiger charge is -2.39. The van der Waals surface area contributed by atoms with Crippen molar-refractivity contribution < 1.29 is 18.8 Å². The predicted octanol–water partition coefficient (Wildman–Crippen LogP) is 3.44. The summed E-state index contributed by atoms with van der Waals surface area (Å²) in [6.07, 6.45) is 0.300. The van der Waals surface area contributed by atoms with E-state index in [0.717, 1.165) is 6.29 Å². The molecule has 0 bridgehead atoms. The highest BCUT2D eigenvalue weighted by Crippen LogP contribution is 2.39. The van der Waals surface area contributed by atoms with Crippen LogP contribution in [0.4, 0.5) is 4.79 Å². The molecule has 1 rings (SSSR count). The molecule has 1 saturated heterocycles. The van der Waals surface area contributed by atoms with Crippen LogP contribution in [0.1, 0.15) is 41.5 Å². The molecule has 5 nitrogen and oxygen atoms in total. The third-order valence-corrected chi connectivity index (χ3v) is 8.89. The Kier molecular flexibility index (Phi) is 5.50. The van der Waals surface area contributed by atoms with Crippen LogP contribution < -0.4 is 0 Å². The van der Waals surface area contributed by atoms with Gasteiger partial charge in [-0.3, -0.25) is 0 Å². The summed E-state index contributed by atoms with van der Waals surface area (Å²) in [4.78, 5) is 25.1. The molecule has 0 unspecified atom stereocenters. The minimum absolute atomic E-state index is 0.0692. The van der Waals surface area contributed by atoms with Crippen molar-refractivity contribution in [1.29, 1.82) is 0 Å². The maximum absolute atomic E-state index is 12.2. The van der Waals surface area contributed by atoms with Crippen LogP contribution in [0.15, 0.2) is 0 Å². The average molecular weight is 330 g/mol. The van der Waals surface area contributed by atoms with E-state index in [1.807, 2.05) is 20.8 Å². The van der Waals surface area contributed by atoms with Gasteiger partial charge in [-0.25, -0.2) is 4.79 Å². The smallest absolute Gasteiger partial charge is 0.410 e. The van der Waals surface area contributed by atoms with Crippen LogP contribution >= 0.6 is 0 Å². The molecule has 0 aromatic rings. The zero-order chi connectivity index (χ0) is 17.3. The molecular formula is C16H31NO4Si. The van der Waals surface area contributed by atoms with E-state index < -0.39 is 13.9 Å². The highest BCUT2D eigenvalue weighted by molar-refractivity contribution is 6.74. The molecule has 2 atom stereocenters. The lowest BCUT2D eigenvalue weighted by Crippen LogP contribution is -2.46. The summed E-state index contributed by atoms with van der Waals surface area (Å²) >= 11 is 0. The number of carbonyl (C=O) groups excluding carboxylic acids is 2. The van der Waals surface area contributed by atoms with Crippen molar-refractivity contribution in [3.8, 4) is 0 Å². The first-order valence-corrected chi connectivity index (χ1v) is 10.8. The van der Waals surface area contributed by atoms with Crippen LogP contribution in [-0.2, 0) is 14.0 Å².